The summed E-state index contributed by atoms with van der Waals surface area (Å²) in [7, 11) is 0. The first-order valence-corrected chi connectivity index (χ1v) is 3.81. The van der Waals surface area contributed by atoms with Crippen LogP contribution in [0.15, 0.2) is 0 Å². The maximum Gasteiger partial charge on any atom is 0.433 e. The number of nitrogens with zero attached hydrogens (tertiary/aromatic N) is 1. The number of amides is 1. The fourth-order valence-electron chi connectivity index (χ4n) is 0.928. The van der Waals surface area contributed by atoms with E-state index in [1.54, 1.807) is 6.92 Å². The lowest BCUT2D eigenvalue weighted by molar-refractivity contribution is -0.0908. The van der Waals surface area contributed by atoms with Gasteiger partial charge < -0.3 is 4.74 Å². The summed E-state index contributed by atoms with van der Waals surface area (Å²) >= 11 is 0. The first-order valence-electron chi connectivity index (χ1n) is 3.81. The first kappa shape index (κ1) is 8.33. The molecule has 1 aliphatic rings. The van der Waals surface area contributed by atoms with Crippen molar-refractivity contribution in [2.75, 3.05) is 19.8 Å². The van der Waals surface area contributed by atoms with Gasteiger partial charge in [0, 0.05) is 5.92 Å². The van der Waals surface area contributed by atoms with Crippen molar-refractivity contribution in [1.82, 2.24) is 5.06 Å². The summed E-state index contributed by atoms with van der Waals surface area (Å²) in [5, 5.41) is 1.27. The van der Waals surface area contributed by atoms with E-state index >= 15 is 0 Å². The maximum absolute atomic E-state index is 11.0. The van der Waals surface area contributed by atoms with E-state index in [4.69, 9.17) is 9.57 Å². The summed E-state index contributed by atoms with van der Waals surface area (Å²) < 4.78 is 4.74. The van der Waals surface area contributed by atoms with Crippen molar-refractivity contribution in [3.8, 4) is 0 Å². The molecular formula is C7H13NO3. The third kappa shape index (κ3) is 2.08. The lowest BCUT2D eigenvalue weighted by Gasteiger charge is -2.12. The lowest BCUT2D eigenvalue weighted by Crippen LogP contribution is -2.27. The second kappa shape index (κ2) is 3.57. The van der Waals surface area contributed by atoms with Crippen LogP contribution in [0.25, 0.3) is 0 Å². The van der Waals surface area contributed by atoms with E-state index < -0.39 is 0 Å². The summed E-state index contributed by atoms with van der Waals surface area (Å²) in [4.78, 5) is 16.0. The fraction of sp³-hybridized carbons (Fsp3) is 0.857. The van der Waals surface area contributed by atoms with Crippen LogP contribution in [0.1, 0.15) is 13.8 Å². The van der Waals surface area contributed by atoms with Crippen LogP contribution < -0.4 is 0 Å². The molecule has 0 spiro atoms. The minimum atomic E-state index is -0.378. The van der Waals surface area contributed by atoms with Crippen LogP contribution in [0.2, 0.25) is 0 Å². The van der Waals surface area contributed by atoms with Gasteiger partial charge in [0.2, 0.25) is 0 Å². The van der Waals surface area contributed by atoms with Gasteiger partial charge in [-0.3, -0.25) is 4.84 Å². The molecule has 1 fully saturated rings. The van der Waals surface area contributed by atoms with E-state index in [9.17, 15) is 4.79 Å². The van der Waals surface area contributed by atoms with E-state index in [1.807, 2.05) is 6.92 Å². The van der Waals surface area contributed by atoms with E-state index in [0.29, 0.717) is 25.7 Å². The van der Waals surface area contributed by atoms with Gasteiger partial charge in [0.15, 0.2) is 0 Å². The van der Waals surface area contributed by atoms with Crippen molar-refractivity contribution < 1.29 is 14.4 Å². The van der Waals surface area contributed by atoms with E-state index in [2.05, 4.69) is 0 Å². The highest BCUT2D eigenvalue weighted by molar-refractivity contribution is 5.66. The minimum absolute atomic E-state index is 0.378. The third-order valence-electron chi connectivity index (χ3n) is 1.46. The largest absolute Gasteiger partial charge is 0.448 e. The van der Waals surface area contributed by atoms with E-state index in [-0.39, 0.29) is 6.09 Å². The Balaban J connectivity index is 2.31. The molecule has 1 atom stereocenters. The molecule has 1 aliphatic heterocycles. The van der Waals surface area contributed by atoms with Gasteiger partial charge >= 0.3 is 6.09 Å². The zero-order chi connectivity index (χ0) is 8.27. The van der Waals surface area contributed by atoms with Crippen LogP contribution in [-0.2, 0) is 9.57 Å². The molecule has 4 heteroatoms. The zero-order valence-corrected chi connectivity index (χ0v) is 6.87. The van der Waals surface area contributed by atoms with Gasteiger partial charge in [0.05, 0.1) is 19.8 Å². The predicted molar refractivity (Wildman–Crippen MR) is 38.8 cm³/mol. The van der Waals surface area contributed by atoms with Crippen molar-refractivity contribution in [1.29, 1.82) is 0 Å². The highest BCUT2D eigenvalue weighted by Crippen LogP contribution is 2.11. The Morgan fingerprint density at radius 2 is 2.55 bits per heavy atom. The molecule has 64 valence electrons. The number of carbonyl (C=O) groups excluding carboxylic acids is 1. The maximum atomic E-state index is 11.0. The summed E-state index contributed by atoms with van der Waals surface area (Å²) in [6.07, 6.45) is -0.378. The normalized spacial score (nSPS) is 23.8. The summed E-state index contributed by atoms with van der Waals surface area (Å²) in [5.74, 6) is 0.416. The molecule has 1 saturated heterocycles. The molecule has 1 rings (SSSR count). The molecule has 0 saturated carbocycles. The van der Waals surface area contributed by atoms with Crippen molar-refractivity contribution in [3.05, 3.63) is 0 Å². The van der Waals surface area contributed by atoms with Crippen LogP contribution in [0, 0.1) is 5.92 Å². The summed E-state index contributed by atoms with van der Waals surface area (Å²) in [6.45, 7) is 5.45. The SMILES string of the molecule is CCOC(=O)N1C[C@@H](C)CO1. The molecular weight excluding hydrogens is 146 g/mol. The highest BCUT2D eigenvalue weighted by atomic mass is 16.7. The molecule has 1 amide bonds. The highest BCUT2D eigenvalue weighted by Gasteiger charge is 2.25. The zero-order valence-electron chi connectivity index (χ0n) is 6.87. The second-order valence-corrected chi connectivity index (χ2v) is 2.66. The van der Waals surface area contributed by atoms with Crippen LogP contribution >= 0.6 is 0 Å². The van der Waals surface area contributed by atoms with Gasteiger partial charge in [0.25, 0.3) is 0 Å². The van der Waals surface area contributed by atoms with E-state index in [1.165, 1.54) is 5.06 Å². The standard InChI is InChI=1S/C7H13NO3/c1-3-10-7(9)8-4-6(2)5-11-8/h6H,3-5H2,1-2H3/t6-/m1/s1. The Labute approximate surface area is 66.0 Å². The Morgan fingerprint density at radius 1 is 1.82 bits per heavy atom. The number of carbonyl (C=O) groups is 1. The number of hydrogen-bond acceptors (Lipinski definition) is 3. The fourth-order valence-corrected chi connectivity index (χ4v) is 0.928. The average molecular weight is 159 g/mol. The molecule has 0 radical (unpaired) electrons. The monoisotopic (exact) mass is 159 g/mol. The molecule has 0 N–H and O–H groups in total. The Kier molecular flexibility index (Phi) is 2.70. The number of hydroxylamine groups is 2. The summed E-state index contributed by atoms with van der Waals surface area (Å²) in [6, 6.07) is 0. The Bertz CT molecular complexity index is 149. The van der Waals surface area contributed by atoms with Crippen molar-refractivity contribution in [2.24, 2.45) is 5.92 Å². The van der Waals surface area contributed by atoms with Crippen LogP contribution in [-0.4, -0.2) is 30.9 Å². The lowest BCUT2D eigenvalue weighted by atomic mass is 10.2. The topological polar surface area (TPSA) is 38.8 Å². The Morgan fingerprint density at radius 3 is 3.00 bits per heavy atom. The number of ether oxygens (including phenoxy) is 1. The van der Waals surface area contributed by atoms with Gasteiger partial charge in [-0.05, 0) is 6.92 Å². The average Bonchev–Trinajstić information content (AvgIpc) is 2.36. The van der Waals surface area contributed by atoms with Gasteiger partial charge in [0.1, 0.15) is 0 Å². The predicted octanol–water partition coefficient (Wildman–Crippen LogP) is 1.03. The van der Waals surface area contributed by atoms with Gasteiger partial charge in [-0.1, -0.05) is 6.92 Å². The molecule has 11 heavy (non-hydrogen) atoms. The molecule has 0 bridgehead atoms. The van der Waals surface area contributed by atoms with Crippen molar-refractivity contribution in [3.63, 3.8) is 0 Å². The Hall–Kier alpha value is -0.770. The molecule has 0 aromatic heterocycles. The molecule has 0 aromatic carbocycles. The molecule has 0 unspecified atom stereocenters. The van der Waals surface area contributed by atoms with Crippen LogP contribution in [0.4, 0.5) is 4.79 Å². The minimum Gasteiger partial charge on any atom is -0.448 e. The number of rotatable bonds is 1. The van der Waals surface area contributed by atoms with Crippen molar-refractivity contribution in [2.45, 2.75) is 13.8 Å². The quantitative estimate of drug-likeness (QED) is 0.573. The summed E-state index contributed by atoms with van der Waals surface area (Å²) in [5.41, 5.74) is 0. The number of hydrogen-bond donors (Lipinski definition) is 0. The third-order valence-corrected chi connectivity index (χ3v) is 1.46. The van der Waals surface area contributed by atoms with Crippen LogP contribution in [0.5, 0.6) is 0 Å². The van der Waals surface area contributed by atoms with Crippen molar-refractivity contribution >= 4 is 6.09 Å². The molecule has 0 aromatic rings. The molecule has 4 nitrogen and oxygen atoms in total. The van der Waals surface area contributed by atoms with Crippen LogP contribution in [0.3, 0.4) is 0 Å². The van der Waals surface area contributed by atoms with Gasteiger partial charge in [-0.2, -0.15) is 5.06 Å². The molecule has 0 aliphatic carbocycles. The van der Waals surface area contributed by atoms with Gasteiger partial charge in [-0.25, -0.2) is 4.79 Å². The molecule has 1 heterocycles. The first-order chi connectivity index (χ1) is 5.24. The van der Waals surface area contributed by atoms with Gasteiger partial charge in [-0.15, -0.1) is 0 Å². The smallest absolute Gasteiger partial charge is 0.433 e. The van der Waals surface area contributed by atoms with E-state index in [0.717, 1.165) is 0 Å². The second-order valence-electron chi connectivity index (χ2n) is 2.66.